The highest BCUT2D eigenvalue weighted by Crippen LogP contribution is 2.26. The van der Waals surface area contributed by atoms with Crippen LogP contribution < -0.4 is 0 Å². The molecule has 1 aliphatic rings. The van der Waals surface area contributed by atoms with Gasteiger partial charge in [0.05, 0.1) is 19.8 Å². The Labute approximate surface area is 362 Å². The number of hydrogen-bond acceptors (Lipinski definition) is 11. The second-order valence-corrected chi connectivity index (χ2v) is 16.3. The van der Waals surface area contributed by atoms with Gasteiger partial charge in [0.25, 0.3) is 0 Å². The first-order chi connectivity index (χ1) is 29.1. The average Bonchev–Trinajstić information content (AvgIpc) is 3.22. The molecule has 0 aromatic rings. The van der Waals surface area contributed by atoms with Crippen molar-refractivity contribution in [3.8, 4) is 0 Å². The molecule has 346 valence electrons. The molecule has 13 heteroatoms. The summed E-state index contributed by atoms with van der Waals surface area (Å²) in [5, 5.41) is 30.7. The van der Waals surface area contributed by atoms with Crippen molar-refractivity contribution in [1.29, 1.82) is 0 Å². The maximum absolute atomic E-state index is 12.8. The molecular weight excluding hydrogens is 789 g/mol. The number of aliphatic hydroxyl groups is 3. The van der Waals surface area contributed by atoms with E-state index >= 15 is 0 Å². The predicted molar refractivity (Wildman–Crippen MR) is 239 cm³/mol. The molecule has 0 saturated carbocycles. The second-order valence-electron chi connectivity index (χ2n) is 15.2. The molecule has 0 aromatic carbocycles. The van der Waals surface area contributed by atoms with Gasteiger partial charge in [-0.05, 0) is 77.0 Å². The highest BCUT2D eigenvalue weighted by atomic mass is 32.3. The van der Waals surface area contributed by atoms with Crippen molar-refractivity contribution in [3.05, 3.63) is 72.9 Å². The van der Waals surface area contributed by atoms with Crippen molar-refractivity contribution >= 4 is 16.4 Å². The van der Waals surface area contributed by atoms with E-state index in [1.807, 2.05) is 0 Å². The molecule has 4 N–H and O–H groups in total. The summed E-state index contributed by atoms with van der Waals surface area (Å²) in [6.07, 6.45) is 39.3. The average molecular weight is 869 g/mol. The molecule has 6 unspecified atom stereocenters. The van der Waals surface area contributed by atoms with Crippen LogP contribution in [0.2, 0.25) is 0 Å². The molecule has 0 radical (unpaired) electrons. The normalized spacial score (nSPS) is 20.9. The molecule has 1 saturated heterocycles. The molecule has 0 aliphatic carbocycles. The molecule has 0 spiro atoms. The molecule has 0 amide bonds. The van der Waals surface area contributed by atoms with Crippen LogP contribution in [0, 0.1) is 0 Å². The first-order valence-electron chi connectivity index (χ1n) is 22.7. The number of hydrogen-bond donors (Lipinski definition) is 4. The van der Waals surface area contributed by atoms with Crippen molar-refractivity contribution in [3.63, 3.8) is 0 Å². The lowest BCUT2D eigenvalue weighted by molar-refractivity contribution is -0.301. The van der Waals surface area contributed by atoms with E-state index in [4.69, 9.17) is 23.5 Å². The smallest absolute Gasteiger partial charge is 0.397 e. The number of aliphatic hydroxyl groups excluding tert-OH is 3. The van der Waals surface area contributed by atoms with Crippen molar-refractivity contribution < 1.29 is 56.2 Å². The zero-order valence-corrected chi connectivity index (χ0v) is 37.6. The molecule has 6 atom stereocenters. The van der Waals surface area contributed by atoms with Gasteiger partial charge in [0, 0.05) is 13.0 Å². The fourth-order valence-electron chi connectivity index (χ4n) is 6.46. The number of esters is 1. The summed E-state index contributed by atoms with van der Waals surface area (Å²) in [5.74, 6) is -0.422. The molecule has 1 fully saturated rings. The third-order valence-corrected chi connectivity index (χ3v) is 10.3. The van der Waals surface area contributed by atoms with Gasteiger partial charge in [0.2, 0.25) is 0 Å². The minimum absolute atomic E-state index is 0.0197. The topological polar surface area (TPSA) is 178 Å². The Kier molecular flexibility index (Phi) is 35.4. The number of unbranched alkanes of at least 4 members (excludes halogenated alkanes) is 13. The SMILES string of the molecule is CC/C=C\C/C=C\C/C=C\CCCCCCCCCCOCC(COC1OC(CO)C(O)C(OS(=O)(=O)O)C1O)OC(=O)CCCCCCC/C=C\C/C=C\C/C=C\CC. The lowest BCUT2D eigenvalue weighted by atomic mass is 9.99. The number of ether oxygens (including phenoxy) is 4. The molecule has 0 aromatic heterocycles. The molecule has 1 heterocycles. The highest BCUT2D eigenvalue weighted by Gasteiger charge is 2.48. The van der Waals surface area contributed by atoms with Crippen molar-refractivity contribution in [2.75, 3.05) is 26.4 Å². The van der Waals surface area contributed by atoms with Gasteiger partial charge in [-0.1, -0.05) is 145 Å². The number of allylic oxidation sites excluding steroid dienone is 12. The Morgan fingerprint density at radius 2 is 1.10 bits per heavy atom. The third kappa shape index (κ3) is 31.4. The van der Waals surface area contributed by atoms with Crippen LogP contribution in [-0.4, -0.2) is 97.5 Å². The van der Waals surface area contributed by atoms with Gasteiger partial charge in [-0.25, -0.2) is 4.18 Å². The van der Waals surface area contributed by atoms with E-state index in [0.29, 0.717) is 13.0 Å². The predicted octanol–water partition coefficient (Wildman–Crippen LogP) is 9.52. The quantitative estimate of drug-likeness (QED) is 0.0200. The van der Waals surface area contributed by atoms with Gasteiger partial charge >= 0.3 is 16.4 Å². The van der Waals surface area contributed by atoms with Gasteiger partial charge in [0.15, 0.2) is 6.29 Å². The van der Waals surface area contributed by atoms with Crippen LogP contribution in [0.15, 0.2) is 72.9 Å². The third-order valence-electron chi connectivity index (χ3n) is 9.82. The summed E-state index contributed by atoms with van der Waals surface area (Å²) in [4.78, 5) is 12.8. The molecule has 1 aliphatic heterocycles. The first kappa shape index (κ1) is 55.6. The summed E-state index contributed by atoms with van der Waals surface area (Å²) >= 11 is 0. The highest BCUT2D eigenvalue weighted by molar-refractivity contribution is 7.80. The summed E-state index contributed by atoms with van der Waals surface area (Å²) < 4.78 is 59.0. The summed E-state index contributed by atoms with van der Waals surface area (Å²) in [6, 6.07) is 0. The largest absolute Gasteiger partial charge is 0.457 e. The minimum atomic E-state index is -5.07. The molecule has 60 heavy (non-hydrogen) atoms. The maximum atomic E-state index is 12.8. The summed E-state index contributed by atoms with van der Waals surface area (Å²) in [7, 11) is -5.07. The van der Waals surface area contributed by atoms with E-state index in [9.17, 15) is 28.5 Å². The summed E-state index contributed by atoms with van der Waals surface area (Å²) in [5.41, 5.74) is 0. The van der Waals surface area contributed by atoms with Crippen LogP contribution in [0.4, 0.5) is 0 Å². The van der Waals surface area contributed by atoms with Gasteiger partial charge in [0.1, 0.15) is 30.5 Å². The lowest BCUT2D eigenvalue weighted by Gasteiger charge is -2.41. The van der Waals surface area contributed by atoms with Gasteiger partial charge in [-0.3, -0.25) is 9.35 Å². The number of rotatable bonds is 38. The lowest BCUT2D eigenvalue weighted by Crippen LogP contribution is -2.60. The van der Waals surface area contributed by atoms with E-state index in [0.717, 1.165) is 96.3 Å². The minimum Gasteiger partial charge on any atom is -0.457 e. The zero-order chi connectivity index (χ0) is 43.9. The zero-order valence-electron chi connectivity index (χ0n) is 36.7. The fraction of sp³-hybridized carbons (Fsp3) is 0.723. The van der Waals surface area contributed by atoms with Crippen LogP contribution in [0.5, 0.6) is 0 Å². The molecule has 1 rings (SSSR count). The first-order valence-corrected chi connectivity index (χ1v) is 24.1. The van der Waals surface area contributed by atoms with Crippen LogP contribution >= 0.6 is 0 Å². The number of carbonyl (C=O) groups is 1. The van der Waals surface area contributed by atoms with E-state index in [2.05, 4.69) is 90.9 Å². The maximum Gasteiger partial charge on any atom is 0.397 e. The van der Waals surface area contributed by atoms with E-state index < -0.39 is 59.8 Å². The van der Waals surface area contributed by atoms with E-state index in [1.54, 1.807) is 0 Å². The Morgan fingerprint density at radius 1 is 0.633 bits per heavy atom. The van der Waals surface area contributed by atoms with Crippen LogP contribution in [0.1, 0.15) is 155 Å². The summed E-state index contributed by atoms with van der Waals surface area (Å²) in [6.45, 7) is 3.71. The van der Waals surface area contributed by atoms with Gasteiger partial charge in [-0.2, -0.15) is 8.42 Å². The molecule has 0 bridgehead atoms. The van der Waals surface area contributed by atoms with Crippen LogP contribution in [-0.2, 0) is 38.3 Å². The monoisotopic (exact) mass is 869 g/mol. The number of carbonyl (C=O) groups excluding carboxylic acids is 1. The van der Waals surface area contributed by atoms with E-state index in [1.165, 1.54) is 32.1 Å². The Balaban J connectivity index is 2.44. The Bertz CT molecular complexity index is 1330. The molecule has 12 nitrogen and oxygen atoms in total. The molecular formula is C47H80O12S. The van der Waals surface area contributed by atoms with Crippen molar-refractivity contribution in [2.45, 2.75) is 192 Å². The van der Waals surface area contributed by atoms with Crippen molar-refractivity contribution in [1.82, 2.24) is 0 Å². The van der Waals surface area contributed by atoms with Gasteiger partial charge in [-0.15, -0.1) is 0 Å². The van der Waals surface area contributed by atoms with Gasteiger partial charge < -0.3 is 34.3 Å². The Hall–Kier alpha value is -2.46. The fourth-order valence-corrected chi connectivity index (χ4v) is 6.97. The van der Waals surface area contributed by atoms with Crippen LogP contribution in [0.25, 0.3) is 0 Å². The van der Waals surface area contributed by atoms with Crippen molar-refractivity contribution in [2.24, 2.45) is 0 Å². The second kappa shape index (κ2) is 38.2. The standard InChI is InChI=1S/C47H80O12S/c1-3-5-7-9-11-13-15-17-19-20-21-23-25-27-29-31-33-35-37-55-39-41(40-56-47-45(51)46(59-60(52,53)54)44(50)42(38-48)58-47)57-43(49)36-34-32-30-28-26-24-22-18-16-14-12-10-8-6-4-2/h5-8,11-14,17-19,22,41-42,44-48,50-51H,3-4,9-10,15-16,20-21,23-40H2,1-2H3,(H,52,53,54)/b7-5-,8-6-,13-11-,14-12-,19-17-,22-18-. The van der Waals surface area contributed by atoms with Crippen LogP contribution in [0.3, 0.4) is 0 Å². The van der Waals surface area contributed by atoms with E-state index in [-0.39, 0.29) is 19.6 Å². The Morgan fingerprint density at radius 3 is 1.60 bits per heavy atom.